The van der Waals surface area contributed by atoms with E-state index in [4.69, 9.17) is 11.6 Å². The average molecular weight is 258 g/mol. The summed E-state index contributed by atoms with van der Waals surface area (Å²) in [7, 11) is 0. The molecule has 0 saturated heterocycles. The summed E-state index contributed by atoms with van der Waals surface area (Å²) < 4.78 is 13.3. The second-order valence-corrected chi connectivity index (χ2v) is 4.35. The number of hydrogen-bond donors (Lipinski definition) is 1. The molecule has 2 aromatic rings. The third kappa shape index (κ3) is 2.48. The van der Waals surface area contributed by atoms with Crippen molar-refractivity contribution in [1.29, 1.82) is 0 Å². The van der Waals surface area contributed by atoms with Crippen LogP contribution in [0.15, 0.2) is 17.0 Å². The highest BCUT2D eigenvalue weighted by molar-refractivity contribution is 7.08. The molecule has 2 heterocycles. The molecule has 2 aromatic heterocycles. The van der Waals surface area contributed by atoms with Crippen molar-refractivity contribution < 1.29 is 4.39 Å². The topological polar surface area (TPSA) is 37.8 Å². The lowest BCUT2D eigenvalue weighted by Crippen LogP contribution is -2.04. The van der Waals surface area contributed by atoms with Crippen molar-refractivity contribution in [3.63, 3.8) is 0 Å². The average Bonchev–Trinajstić information content (AvgIpc) is 2.66. The van der Waals surface area contributed by atoms with Crippen LogP contribution in [0.25, 0.3) is 0 Å². The van der Waals surface area contributed by atoms with E-state index in [1.165, 1.54) is 5.56 Å². The number of aryl methyl sites for hydroxylation is 1. The number of aromatic nitrogens is 2. The molecule has 0 spiro atoms. The Morgan fingerprint density at radius 1 is 1.50 bits per heavy atom. The van der Waals surface area contributed by atoms with Gasteiger partial charge in [0, 0.05) is 6.54 Å². The van der Waals surface area contributed by atoms with Crippen molar-refractivity contribution in [3.05, 3.63) is 39.2 Å². The van der Waals surface area contributed by atoms with E-state index < -0.39 is 5.82 Å². The zero-order chi connectivity index (χ0) is 11.5. The van der Waals surface area contributed by atoms with Gasteiger partial charge in [-0.05, 0) is 40.4 Å². The molecule has 0 aliphatic heterocycles. The summed E-state index contributed by atoms with van der Waals surface area (Å²) in [5.74, 6) is -0.372. The molecule has 0 radical (unpaired) electrons. The van der Waals surface area contributed by atoms with Crippen molar-refractivity contribution in [2.24, 2.45) is 0 Å². The minimum Gasteiger partial charge on any atom is -0.363 e. The Bertz CT molecular complexity index is 501. The van der Waals surface area contributed by atoms with Gasteiger partial charge in [-0.1, -0.05) is 0 Å². The van der Waals surface area contributed by atoms with E-state index in [-0.39, 0.29) is 11.1 Å². The lowest BCUT2D eigenvalue weighted by Gasteiger charge is -2.05. The predicted octanol–water partition coefficient (Wildman–Crippen LogP) is 3.25. The quantitative estimate of drug-likeness (QED) is 0.858. The van der Waals surface area contributed by atoms with E-state index in [0.717, 1.165) is 11.8 Å². The van der Waals surface area contributed by atoms with Crippen molar-refractivity contribution in [3.8, 4) is 0 Å². The summed E-state index contributed by atoms with van der Waals surface area (Å²) in [4.78, 5) is 7.32. The van der Waals surface area contributed by atoms with Gasteiger partial charge in [-0.2, -0.15) is 16.3 Å². The van der Waals surface area contributed by atoms with E-state index in [1.807, 2.05) is 17.7 Å². The Kier molecular flexibility index (Phi) is 3.36. The first-order chi connectivity index (χ1) is 7.66. The molecule has 0 aliphatic rings. The number of rotatable bonds is 3. The van der Waals surface area contributed by atoms with E-state index in [9.17, 15) is 4.39 Å². The first kappa shape index (κ1) is 11.3. The first-order valence-electron chi connectivity index (χ1n) is 4.60. The van der Waals surface area contributed by atoms with Crippen molar-refractivity contribution in [2.45, 2.75) is 13.5 Å². The van der Waals surface area contributed by atoms with E-state index in [2.05, 4.69) is 15.3 Å². The van der Waals surface area contributed by atoms with E-state index >= 15 is 0 Å². The smallest absolute Gasteiger partial charge is 0.224 e. The Morgan fingerprint density at radius 3 is 3.00 bits per heavy atom. The van der Waals surface area contributed by atoms with Crippen LogP contribution in [0.3, 0.4) is 0 Å². The molecule has 0 atom stereocenters. The summed E-state index contributed by atoms with van der Waals surface area (Å²) in [6, 6.07) is 0. The molecule has 0 unspecified atom stereocenters. The van der Waals surface area contributed by atoms with Crippen molar-refractivity contribution >= 4 is 28.8 Å². The van der Waals surface area contributed by atoms with Gasteiger partial charge < -0.3 is 5.32 Å². The van der Waals surface area contributed by atoms with Gasteiger partial charge in [0.2, 0.25) is 5.28 Å². The highest BCUT2D eigenvalue weighted by Gasteiger charge is 2.06. The van der Waals surface area contributed by atoms with Gasteiger partial charge in [0.1, 0.15) is 0 Å². The van der Waals surface area contributed by atoms with Gasteiger partial charge in [0.05, 0.1) is 6.20 Å². The summed E-state index contributed by atoms with van der Waals surface area (Å²) in [6.45, 7) is 2.54. The monoisotopic (exact) mass is 257 g/mol. The molecule has 3 nitrogen and oxygen atoms in total. The van der Waals surface area contributed by atoms with Crippen LogP contribution in [0.2, 0.25) is 5.28 Å². The van der Waals surface area contributed by atoms with Gasteiger partial charge >= 0.3 is 0 Å². The maximum Gasteiger partial charge on any atom is 0.224 e. The van der Waals surface area contributed by atoms with Crippen LogP contribution >= 0.6 is 22.9 Å². The van der Waals surface area contributed by atoms with Gasteiger partial charge in [0.25, 0.3) is 0 Å². The number of halogens is 2. The Balaban J connectivity index is 2.10. The maximum absolute atomic E-state index is 13.3. The summed E-state index contributed by atoms with van der Waals surface area (Å²) in [5.41, 5.74) is 2.30. The van der Waals surface area contributed by atoms with Gasteiger partial charge in [-0.3, -0.25) is 0 Å². The molecule has 0 aliphatic carbocycles. The number of thiophene rings is 1. The molecule has 0 saturated carbocycles. The molecule has 0 bridgehead atoms. The molecule has 0 fully saturated rings. The van der Waals surface area contributed by atoms with E-state index in [1.54, 1.807) is 11.3 Å². The maximum atomic E-state index is 13.3. The minimum absolute atomic E-state index is 0.0333. The second-order valence-electron chi connectivity index (χ2n) is 3.27. The molecule has 84 valence electrons. The van der Waals surface area contributed by atoms with Gasteiger partial charge in [-0.25, -0.2) is 9.37 Å². The fourth-order valence-corrected chi connectivity index (χ4v) is 2.21. The molecule has 16 heavy (non-hydrogen) atoms. The summed E-state index contributed by atoms with van der Waals surface area (Å²) in [5, 5.41) is 6.99. The summed E-state index contributed by atoms with van der Waals surface area (Å²) in [6.07, 6.45) is 1.05. The fraction of sp³-hybridized carbons (Fsp3) is 0.200. The third-order valence-corrected chi connectivity index (χ3v) is 3.21. The fourth-order valence-electron chi connectivity index (χ4n) is 1.22. The number of hydrogen-bond acceptors (Lipinski definition) is 4. The Hall–Kier alpha value is -1.20. The van der Waals surface area contributed by atoms with Crippen LogP contribution < -0.4 is 5.32 Å². The number of anilines is 1. The van der Waals surface area contributed by atoms with Crippen LogP contribution in [0, 0.1) is 12.7 Å². The second kappa shape index (κ2) is 4.76. The predicted molar refractivity (Wildman–Crippen MR) is 63.4 cm³/mol. The lowest BCUT2D eigenvalue weighted by molar-refractivity contribution is 0.616. The normalized spacial score (nSPS) is 10.4. The SMILES string of the molecule is Cc1cscc1CNc1nc(Cl)ncc1F. The van der Waals surface area contributed by atoms with Crippen LogP contribution in [-0.2, 0) is 6.54 Å². The molecule has 6 heteroatoms. The first-order valence-corrected chi connectivity index (χ1v) is 5.92. The number of nitrogens with zero attached hydrogens (tertiary/aromatic N) is 2. The van der Waals surface area contributed by atoms with Crippen LogP contribution in [0.5, 0.6) is 0 Å². The standard InChI is InChI=1S/C10H9ClFN3S/c1-6-4-16-5-7(6)2-13-9-8(12)3-14-10(11)15-9/h3-5H,2H2,1H3,(H,13,14,15). The zero-order valence-corrected chi connectivity index (χ0v) is 10.1. The molecular formula is C10H9ClFN3S. The van der Waals surface area contributed by atoms with E-state index in [0.29, 0.717) is 6.54 Å². The van der Waals surface area contributed by atoms with Crippen LogP contribution in [-0.4, -0.2) is 9.97 Å². The molecule has 2 rings (SSSR count). The third-order valence-electron chi connectivity index (χ3n) is 2.12. The van der Waals surface area contributed by atoms with Gasteiger partial charge in [-0.15, -0.1) is 0 Å². The molecule has 0 aromatic carbocycles. The van der Waals surface area contributed by atoms with Gasteiger partial charge in [0.15, 0.2) is 11.6 Å². The highest BCUT2D eigenvalue weighted by Crippen LogP contribution is 2.17. The minimum atomic E-state index is -0.503. The molecule has 0 amide bonds. The van der Waals surface area contributed by atoms with Crippen molar-refractivity contribution in [1.82, 2.24) is 9.97 Å². The van der Waals surface area contributed by atoms with Crippen molar-refractivity contribution in [2.75, 3.05) is 5.32 Å². The van der Waals surface area contributed by atoms with Crippen LogP contribution in [0.4, 0.5) is 10.2 Å². The largest absolute Gasteiger partial charge is 0.363 e. The highest BCUT2D eigenvalue weighted by atomic mass is 35.5. The Morgan fingerprint density at radius 2 is 2.31 bits per heavy atom. The summed E-state index contributed by atoms with van der Waals surface area (Å²) >= 11 is 7.20. The van der Waals surface area contributed by atoms with Crippen LogP contribution in [0.1, 0.15) is 11.1 Å². The Labute approximate surface area is 101 Å². The molecule has 1 N–H and O–H groups in total. The molecular weight excluding hydrogens is 249 g/mol. The number of nitrogens with one attached hydrogen (secondary N) is 1. The zero-order valence-electron chi connectivity index (χ0n) is 8.50. The lowest BCUT2D eigenvalue weighted by atomic mass is 10.2.